The quantitative estimate of drug-likeness (QED) is 0.813. The summed E-state index contributed by atoms with van der Waals surface area (Å²) in [5.41, 5.74) is 0. The molecule has 0 aromatic heterocycles. The van der Waals surface area contributed by atoms with E-state index in [0.29, 0.717) is 0 Å². The van der Waals surface area contributed by atoms with Gasteiger partial charge in [0.1, 0.15) is 12.5 Å². The van der Waals surface area contributed by atoms with Crippen LogP contribution in [0.5, 0.6) is 0 Å². The molecule has 110 valence electrons. The van der Waals surface area contributed by atoms with Crippen LogP contribution in [0.15, 0.2) is 0 Å². The minimum absolute atomic E-state index is 0.168. The van der Waals surface area contributed by atoms with Gasteiger partial charge < -0.3 is 10.4 Å². The predicted octanol–water partition coefficient (Wildman–Crippen LogP) is 2.48. The Morgan fingerprint density at radius 2 is 1.79 bits per heavy atom. The number of carbonyl (C=O) groups is 2. The summed E-state index contributed by atoms with van der Waals surface area (Å²) < 4.78 is 36.0. The first kappa shape index (κ1) is 15.8. The SMILES string of the molecule is O=C(CC(F)(F)F)NC(CC1CCCCC1)C(=O)O. The fourth-order valence-electron chi connectivity index (χ4n) is 2.41. The van der Waals surface area contributed by atoms with Crippen molar-refractivity contribution in [1.29, 1.82) is 0 Å². The van der Waals surface area contributed by atoms with Crippen LogP contribution in [-0.4, -0.2) is 29.2 Å². The zero-order valence-corrected chi connectivity index (χ0v) is 10.5. The van der Waals surface area contributed by atoms with Crippen molar-refractivity contribution in [2.24, 2.45) is 5.92 Å². The molecule has 7 heteroatoms. The lowest BCUT2D eigenvalue weighted by Gasteiger charge is -2.25. The number of alkyl halides is 3. The number of rotatable bonds is 5. The molecule has 0 aromatic carbocycles. The Kier molecular flexibility index (Phi) is 5.62. The van der Waals surface area contributed by atoms with E-state index in [4.69, 9.17) is 5.11 Å². The molecule has 0 saturated heterocycles. The maximum Gasteiger partial charge on any atom is 0.397 e. The average Bonchev–Trinajstić information content (AvgIpc) is 2.26. The van der Waals surface area contributed by atoms with Gasteiger partial charge in [0.15, 0.2) is 0 Å². The molecule has 1 aliphatic rings. The molecule has 1 amide bonds. The zero-order valence-electron chi connectivity index (χ0n) is 10.5. The third-order valence-corrected chi connectivity index (χ3v) is 3.29. The second-order valence-electron chi connectivity index (χ2n) is 4.99. The van der Waals surface area contributed by atoms with E-state index in [1.807, 2.05) is 5.32 Å². The Morgan fingerprint density at radius 3 is 2.26 bits per heavy atom. The van der Waals surface area contributed by atoms with E-state index in [0.717, 1.165) is 32.1 Å². The fraction of sp³-hybridized carbons (Fsp3) is 0.833. The Bertz CT molecular complexity index is 325. The first-order chi connectivity index (χ1) is 8.78. The molecule has 0 bridgehead atoms. The van der Waals surface area contributed by atoms with E-state index in [9.17, 15) is 22.8 Å². The summed E-state index contributed by atoms with van der Waals surface area (Å²) in [7, 11) is 0. The van der Waals surface area contributed by atoms with Gasteiger partial charge in [0.2, 0.25) is 5.91 Å². The van der Waals surface area contributed by atoms with Gasteiger partial charge in [-0.2, -0.15) is 13.2 Å². The van der Waals surface area contributed by atoms with Crippen molar-refractivity contribution in [3.63, 3.8) is 0 Å². The molecule has 0 heterocycles. The maximum absolute atomic E-state index is 12.0. The van der Waals surface area contributed by atoms with Crippen LogP contribution in [0, 0.1) is 5.92 Å². The Labute approximate surface area is 109 Å². The number of carbonyl (C=O) groups excluding carboxylic acids is 1. The molecule has 1 aliphatic carbocycles. The second kappa shape index (κ2) is 6.77. The number of nitrogens with one attached hydrogen (secondary N) is 1. The molecule has 0 spiro atoms. The van der Waals surface area contributed by atoms with Gasteiger partial charge in [-0.25, -0.2) is 4.79 Å². The topological polar surface area (TPSA) is 66.4 Å². The summed E-state index contributed by atoms with van der Waals surface area (Å²) in [4.78, 5) is 22.1. The lowest BCUT2D eigenvalue weighted by Crippen LogP contribution is -2.43. The normalized spacial score (nSPS) is 18.9. The van der Waals surface area contributed by atoms with Gasteiger partial charge in [-0.15, -0.1) is 0 Å². The first-order valence-electron chi connectivity index (χ1n) is 6.37. The lowest BCUT2D eigenvalue weighted by molar-refractivity contribution is -0.157. The van der Waals surface area contributed by atoms with Crippen LogP contribution in [0.3, 0.4) is 0 Å². The Balaban J connectivity index is 2.48. The highest BCUT2D eigenvalue weighted by atomic mass is 19.4. The molecule has 4 nitrogen and oxygen atoms in total. The largest absolute Gasteiger partial charge is 0.480 e. The van der Waals surface area contributed by atoms with Crippen molar-refractivity contribution in [1.82, 2.24) is 5.32 Å². The summed E-state index contributed by atoms with van der Waals surface area (Å²) in [5.74, 6) is -2.39. The number of hydrogen-bond donors (Lipinski definition) is 2. The van der Waals surface area contributed by atoms with Crippen molar-refractivity contribution in [2.75, 3.05) is 0 Å². The smallest absolute Gasteiger partial charge is 0.397 e. The monoisotopic (exact) mass is 281 g/mol. The highest BCUT2D eigenvalue weighted by Gasteiger charge is 2.33. The molecule has 1 atom stereocenters. The second-order valence-corrected chi connectivity index (χ2v) is 4.99. The number of aliphatic carboxylic acids is 1. The molecular formula is C12H18F3NO3. The lowest BCUT2D eigenvalue weighted by atomic mass is 9.85. The number of carboxylic acid groups (broad SMARTS) is 1. The predicted molar refractivity (Wildman–Crippen MR) is 61.4 cm³/mol. The molecule has 1 rings (SSSR count). The van der Waals surface area contributed by atoms with Crippen LogP contribution in [-0.2, 0) is 9.59 Å². The Morgan fingerprint density at radius 1 is 1.21 bits per heavy atom. The molecule has 0 radical (unpaired) electrons. The summed E-state index contributed by atoms with van der Waals surface area (Å²) >= 11 is 0. The summed E-state index contributed by atoms with van der Waals surface area (Å²) in [6.45, 7) is 0. The van der Waals surface area contributed by atoms with E-state index in [1.54, 1.807) is 0 Å². The van der Waals surface area contributed by atoms with Crippen LogP contribution in [0.1, 0.15) is 44.9 Å². The zero-order chi connectivity index (χ0) is 14.5. The molecule has 0 aromatic rings. The van der Waals surface area contributed by atoms with Gasteiger partial charge in [0.25, 0.3) is 0 Å². The van der Waals surface area contributed by atoms with Gasteiger partial charge in [0.05, 0.1) is 0 Å². The molecular weight excluding hydrogens is 263 g/mol. The number of carboxylic acids is 1. The van der Waals surface area contributed by atoms with Crippen LogP contribution in [0.4, 0.5) is 13.2 Å². The van der Waals surface area contributed by atoms with E-state index < -0.39 is 30.5 Å². The van der Waals surface area contributed by atoms with Crippen molar-refractivity contribution >= 4 is 11.9 Å². The molecule has 19 heavy (non-hydrogen) atoms. The minimum Gasteiger partial charge on any atom is -0.480 e. The van der Waals surface area contributed by atoms with E-state index in [2.05, 4.69) is 0 Å². The summed E-state index contributed by atoms with van der Waals surface area (Å²) in [6.07, 6.45) is -1.17. The molecule has 2 N–H and O–H groups in total. The average molecular weight is 281 g/mol. The minimum atomic E-state index is -4.61. The van der Waals surface area contributed by atoms with Crippen molar-refractivity contribution in [2.45, 2.75) is 57.2 Å². The molecule has 1 unspecified atom stereocenters. The van der Waals surface area contributed by atoms with Crippen molar-refractivity contribution in [3.8, 4) is 0 Å². The van der Waals surface area contributed by atoms with Crippen LogP contribution < -0.4 is 5.32 Å². The first-order valence-corrected chi connectivity index (χ1v) is 6.37. The van der Waals surface area contributed by atoms with Gasteiger partial charge in [-0.05, 0) is 12.3 Å². The third kappa shape index (κ3) is 6.45. The van der Waals surface area contributed by atoms with Crippen molar-refractivity contribution in [3.05, 3.63) is 0 Å². The van der Waals surface area contributed by atoms with Crippen LogP contribution in [0.2, 0.25) is 0 Å². The molecule has 0 aliphatic heterocycles. The van der Waals surface area contributed by atoms with Crippen LogP contribution in [0.25, 0.3) is 0 Å². The maximum atomic E-state index is 12.0. The number of amides is 1. The van der Waals surface area contributed by atoms with E-state index in [1.165, 1.54) is 0 Å². The van der Waals surface area contributed by atoms with Gasteiger partial charge in [-0.1, -0.05) is 32.1 Å². The third-order valence-electron chi connectivity index (χ3n) is 3.29. The van der Waals surface area contributed by atoms with Gasteiger partial charge in [0, 0.05) is 0 Å². The highest BCUT2D eigenvalue weighted by molar-refractivity contribution is 5.83. The van der Waals surface area contributed by atoms with Crippen LogP contribution >= 0.6 is 0 Å². The summed E-state index contributed by atoms with van der Waals surface area (Å²) in [5, 5.41) is 10.9. The molecule has 1 fully saturated rings. The fourth-order valence-corrected chi connectivity index (χ4v) is 2.41. The number of hydrogen-bond acceptors (Lipinski definition) is 2. The van der Waals surface area contributed by atoms with Gasteiger partial charge >= 0.3 is 12.1 Å². The highest BCUT2D eigenvalue weighted by Crippen LogP contribution is 2.27. The molecule has 1 saturated carbocycles. The summed E-state index contributed by atoms with van der Waals surface area (Å²) in [6, 6.07) is -1.22. The van der Waals surface area contributed by atoms with E-state index in [-0.39, 0.29) is 12.3 Å². The standard InChI is InChI=1S/C12H18F3NO3/c13-12(14,15)7-10(17)16-9(11(18)19)6-8-4-2-1-3-5-8/h8-9H,1-7H2,(H,16,17)(H,18,19). The van der Waals surface area contributed by atoms with E-state index >= 15 is 0 Å². The van der Waals surface area contributed by atoms with Gasteiger partial charge in [-0.3, -0.25) is 4.79 Å². The van der Waals surface area contributed by atoms with Crippen molar-refractivity contribution < 1.29 is 27.9 Å². The number of halogens is 3. The Hall–Kier alpha value is -1.27.